The zero-order valence-electron chi connectivity index (χ0n) is 50.5. The van der Waals surface area contributed by atoms with Gasteiger partial charge in [0, 0.05) is 110 Å². The van der Waals surface area contributed by atoms with Gasteiger partial charge in [0.25, 0.3) is 0 Å². The topological polar surface area (TPSA) is 286 Å². The summed E-state index contributed by atoms with van der Waals surface area (Å²) in [5, 5.41) is 44.9. The van der Waals surface area contributed by atoms with E-state index >= 15 is 0 Å². The largest absolute Gasteiger partial charge is 0.396 e. The second-order valence-electron chi connectivity index (χ2n) is 21.6. The highest BCUT2D eigenvalue weighted by Gasteiger charge is 2.29. The van der Waals surface area contributed by atoms with Crippen LogP contribution in [0.25, 0.3) is 0 Å². The van der Waals surface area contributed by atoms with Gasteiger partial charge in [0.15, 0.2) is 6.04 Å². The molecule has 0 unspecified atom stereocenters. The number of unbranched alkanes of at least 4 members (excludes halogenated alkanes) is 14. The molecule has 3 aromatic heterocycles. The minimum atomic E-state index is -0.889. The molecule has 470 valence electrons. The Kier molecular flexibility index (Phi) is 34.0. The van der Waals surface area contributed by atoms with Crippen LogP contribution in [0.1, 0.15) is 152 Å². The highest BCUT2D eigenvalue weighted by atomic mass is 32.2. The molecule has 26 heteroatoms. The highest BCUT2D eigenvalue weighted by Crippen LogP contribution is 2.22. The molecule has 3 aromatic rings. The number of nitrogens with one attached hydrogen (secondary N) is 3. The van der Waals surface area contributed by atoms with E-state index in [-0.39, 0.29) is 36.8 Å². The Balaban J connectivity index is 0.957. The van der Waals surface area contributed by atoms with E-state index in [4.69, 9.17) is 35.6 Å². The van der Waals surface area contributed by atoms with Crippen molar-refractivity contribution in [1.82, 2.24) is 65.4 Å². The molecular weight excluding hydrogens is 1100 g/mol. The lowest BCUT2D eigenvalue weighted by atomic mass is 10.1. The summed E-state index contributed by atoms with van der Waals surface area (Å²) >= 11 is 1.69. The monoisotopic (exact) mass is 1190 g/mol. The van der Waals surface area contributed by atoms with E-state index in [1.54, 1.807) is 42.7 Å². The van der Waals surface area contributed by atoms with Crippen LogP contribution in [-0.4, -0.2) is 225 Å². The quantitative estimate of drug-likeness (QED) is 0.0392. The van der Waals surface area contributed by atoms with E-state index in [0.29, 0.717) is 160 Å². The molecule has 5 rings (SSSR count). The molecule has 3 atom stereocenters. The van der Waals surface area contributed by atoms with Crippen molar-refractivity contribution in [3.8, 4) is 12.3 Å². The van der Waals surface area contributed by atoms with Gasteiger partial charge in [-0.15, -0.1) is 16.6 Å². The van der Waals surface area contributed by atoms with Crippen molar-refractivity contribution < 1.29 is 43.6 Å². The van der Waals surface area contributed by atoms with Gasteiger partial charge in [-0.1, -0.05) is 93.4 Å². The smallest absolute Gasteiger partial charge is 0.247 e. The number of terminal acetylenes is 1. The van der Waals surface area contributed by atoms with Gasteiger partial charge in [0.2, 0.25) is 41.5 Å². The number of rotatable bonds is 45. The van der Waals surface area contributed by atoms with Crippen molar-refractivity contribution in [3.05, 3.63) is 23.8 Å². The first-order chi connectivity index (χ1) is 41.0. The Labute approximate surface area is 502 Å². The molecule has 5 N–H and O–H groups in total. The van der Waals surface area contributed by atoms with Crippen LogP contribution in [0.4, 0.5) is 17.8 Å². The molecule has 84 heavy (non-hydrogen) atoms. The van der Waals surface area contributed by atoms with Crippen LogP contribution < -0.4 is 25.8 Å². The zero-order chi connectivity index (χ0) is 60.0. The van der Waals surface area contributed by atoms with Crippen molar-refractivity contribution in [2.45, 2.75) is 160 Å². The van der Waals surface area contributed by atoms with Crippen LogP contribution in [-0.2, 0) is 39.8 Å². The number of ether oxygens (including phenoxy) is 3. The first kappa shape index (κ1) is 69.1. The summed E-state index contributed by atoms with van der Waals surface area (Å²) in [6, 6.07) is -1.21. The Hall–Kier alpha value is -5.72. The standard InChI is InChI=1S/C58H98N16O9S/c1-5-38-81-40-42-83-43-41-82-39-28-61-56-62-57(71-33-29-69(30-34-71)51(77)22-18-14-10-6-8-12-16-20-26-59-54(79)50(25-44-84-4)73-46-49(24-37-75)66-68-73)64-58(63-56)72-35-31-70(32-36-72)52(78)23-19-15-11-7-9-13-17-21-27-60-55(80)53(48(3)76)74-45-47(2)65-67-74/h1,45-46,48,50,53,75-76H,6-44H2,2-4H3,(H,59,79)(H,60,80)(H,61,62,63,64)/t48-,50-,53+/m0/s1. The molecule has 0 bridgehead atoms. The number of carbonyl (C=O) groups excluding carboxylic acids is 4. The van der Waals surface area contributed by atoms with Crippen LogP contribution in [0, 0.1) is 19.3 Å². The number of aliphatic hydroxyl groups excluding tert-OH is 2. The SMILES string of the molecule is C#CCOCCOCCOCCNc1nc(N2CCN(C(=O)CCCCCCCCCCNC(=O)[C@H](CCSC)n3cc(CCO)nn3)CC2)nc(N2CCN(C(=O)CCCCCCCCCCNC(=O)[C@@H]([C@H](C)O)n3cc(C)nn3)CC2)n1. The zero-order valence-corrected chi connectivity index (χ0v) is 51.3. The predicted molar refractivity (Wildman–Crippen MR) is 325 cm³/mol. The summed E-state index contributed by atoms with van der Waals surface area (Å²) in [5.74, 6) is 4.87. The molecule has 2 aliphatic heterocycles. The van der Waals surface area contributed by atoms with Crippen LogP contribution in [0.3, 0.4) is 0 Å². The number of carbonyl (C=O) groups is 4. The number of hydrogen-bond donors (Lipinski definition) is 5. The Morgan fingerprint density at radius 2 is 1.14 bits per heavy atom. The molecule has 0 spiro atoms. The van der Waals surface area contributed by atoms with Gasteiger partial charge in [-0.05, 0) is 58.0 Å². The third-order valence-electron chi connectivity index (χ3n) is 14.9. The van der Waals surface area contributed by atoms with Gasteiger partial charge >= 0.3 is 0 Å². The van der Waals surface area contributed by atoms with Crippen molar-refractivity contribution in [1.29, 1.82) is 0 Å². The maximum absolute atomic E-state index is 13.3. The fourth-order valence-corrected chi connectivity index (χ4v) is 10.5. The van der Waals surface area contributed by atoms with Crippen LogP contribution >= 0.6 is 11.8 Å². The first-order valence-corrected chi connectivity index (χ1v) is 32.2. The third kappa shape index (κ3) is 26.3. The first-order valence-electron chi connectivity index (χ1n) is 30.9. The van der Waals surface area contributed by atoms with Gasteiger partial charge in [0.1, 0.15) is 12.6 Å². The number of piperazine rings is 2. The van der Waals surface area contributed by atoms with Crippen molar-refractivity contribution >= 4 is 53.2 Å². The number of thioether (sulfide) groups is 1. The van der Waals surface area contributed by atoms with Crippen molar-refractivity contribution in [2.75, 3.05) is 145 Å². The maximum atomic E-state index is 13.3. The van der Waals surface area contributed by atoms with E-state index < -0.39 is 18.2 Å². The van der Waals surface area contributed by atoms with Gasteiger partial charge in [-0.2, -0.15) is 26.7 Å². The highest BCUT2D eigenvalue weighted by molar-refractivity contribution is 7.98. The molecule has 2 aliphatic rings. The fraction of sp³-hybridized carbons (Fsp3) is 0.776. The molecule has 0 aromatic carbocycles. The number of aryl methyl sites for hydroxylation is 1. The van der Waals surface area contributed by atoms with Gasteiger partial charge in [-0.25, -0.2) is 9.36 Å². The lowest BCUT2D eigenvalue weighted by Gasteiger charge is -2.36. The van der Waals surface area contributed by atoms with E-state index in [1.807, 2.05) is 16.1 Å². The van der Waals surface area contributed by atoms with E-state index in [9.17, 15) is 29.4 Å². The molecule has 4 amide bonds. The number of nitrogens with zero attached hydrogens (tertiary/aromatic N) is 13. The summed E-state index contributed by atoms with van der Waals surface area (Å²) < 4.78 is 19.6. The van der Waals surface area contributed by atoms with Gasteiger partial charge in [-0.3, -0.25) is 19.2 Å². The molecule has 2 fully saturated rings. The van der Waals surface area contributed by atoms with Crippen molar-refractivity contribution in [3.63, 3.8) is 0 Å². The molecular formula is C58H98N16O9S. The number of anilines is 3. The summed E-state index contributed by atoms with van der Waals surface area (Å²) in [6.07, 6.45) is 28.4. The summed E-state index contributed by atoms with van der Waals surface area (Å²) in [5.41, 5.74) is 1.37. The van der Waals surface area contributed by atoms with Crippen LogP contribution in [0.2, 0.25) is 0 Å². The number of amides is 4. The second kappa shape index (κ2) is 41.4. The minimum Gasteiger partial charge on any atom is -0.396 e. The normalized spacial score (nSPS) is 14.8. The number of hydrogen-bond acceptors (Lipinski definition) is 20. The molecule has 2 saturated heterocycles. The van der Waals surface area contributed by atoms with E-state index in [1.165, 1.54) is 4.68 Å². The minimum absolute atomic E-state index is 0.00597. The summed E-state index contributed by atoms with van der Waals surface area (Å²) in [7, 11) is 0. The second-order valence-corrected chi connectivity index (χ2v) is 22.6. The number of aromatic nitrogens is 9. The third-order valence-corrected chi connectivity index (χ3v) is 15.6. The Morgan fingerprint density at radius 3 is 1.64 bits per heavy atom. The van der Waals surface area contributed by atoms with E-state index in [2.05, 4.69) is 52.3 Å². The maximum Gasteiger partial charge on any atom is 0.247 e. The predicted octanol–water partition coefficient (Wildman–Crippen LogP) is 4.16. The van der Waals surface area contributed by atoms with Crippen molar-refractivity contribution in [2.24, 2.45) is 0 Å². The van der Waals surface area contributed by atoms with Crippen LogP contribution in [0.15, 0.2) is 12.4 Å². The number of aliphatic hydroxyl groups is 2. The Bertz CT molecular complexity index is 2360. The van der Waals surface area contributed by atoms with Gasteiger partial charge < -0.3 is 60.0 Å². The molecule has 5 heterocycles. The summed E-state index contributed by atoms with van der Waals surface area (Å²) in [6.45, 7) is 12.2. The lowest BCUT2D eigenvalue weighted by molar-refractivity contribution is -0.132. The molecule has 0 radical (unpaired) electrons. The Morgan fingerprint density at radius 1 is 0.643 bits per heavy atom. The van der Waals surface area contributed by atoms with E-state index in [0.717, 1.165) is 108 Å². The van der Waals surface area contributed by atoms with Crippen LogP contribution in [0.5, 0.6) is 0 Å². The van der Waals surface area contributed by atoms with Gasteiger partial charge in [0.05, 0.1) is 50.5 Å². The fourth-order valence-electron chi connectivity index (χ4n) is 10.1. The molecule has 0 aliphatic carbocycles. The average molecular weight is 1200 g/mol. The molecule has 25 nitrogen and oxygen atoms in total. The molecule has 0 saturated carbocycles. The summed E-state index contributed by atoms with van der Waals surface area (Å²) in [4.78, 5) is 75.2. The average Bonchev–Trinajstić information content (AvgIpc) is 4.01. The lowest BCUT2D eigenvalue weighted by Crippen LogP contribution is -2.50.